The number of halogens is 1. The first-order valence-corrected chi connectivity index (χ1v) is 6.19. The predicted octanol–water partition coefficient (Wildman–Crippen LogP) is 0.476. The second-order valence-corrected chi connectivity index (χ2v) is 4.71. The largest absolute Gasteiger partial charge is 0.385 e. The minimum Gasteiger partial charge on any atom is -0.385 e. The maximum atomic E-state index is 11.6. The van der Waals surface area contributed by atoms with Crippen LogP contribution in [0.1, 0.15) is 20.3 Å². The van der Waals surface area contributed by atoms with Crippen molar-refractivity contribution in [2.45, 2.75) is 26.3 Å². The van der Waals surface area contributed by atoms with Gasteiger partial charge in [0.2, 0.25) is 5.91 Å². The number of hydrogen-bond acceptors (Lipinski definition) is 4. The second kappa shape index (κ2) is 11.7. The smallest absolute Gasteiger partial charge is 0.237 e. The number of rotatable bonds is 9. The molecular formula is C12H28ClN3O2. The summed E-state index contributed by atoms with van der Waals surface area (Å²) < 4.78 is 4.98. The lowest BCUT2D eigenvalue weighted by Gasteiger charge is -2.19. The maximum Gasteiger partial charge on any atom is 0.237 e. The molecule has 0 saturated heterocycles. The summed E-state index contributed by atoms with van der Waals surface area (Å²) in [7, 11) is 3.73. The molecule has 0 radical (unpaired) electrons. The highest BCUT2D eigenvalue weighted by atomic mass is 35.5. The number of amides is 1. The fourth-order valence-electron chi connectivity index (χ4n) is 1.38. The minimum absolute atomic E-state index is 0. The third-order valence-electron chi connectivity index (χ3n) is 2.70. The zero-order chi connectivity index (χ0) is 13.3. The summed E-state index contributed by atoms with van der Waals surface area (Å²) in [6.45, 7) is 7.11. The van der Waals surface area contributed by atoms with E-state index in [2.05, 4.69) is 10.2 Å². The highest BCUT2D eigenvalue weighted by Crippen LogP contribution is 1.97. The number of carbonyl (C=O) groups is 1. The molecule has 0 unspecified atom stereocenters. The van der Waals surface area contributed by atoms with Gasteiger partial charge >= 0.3 is 0 Å². The Labute approximate surface area is 117 Å². The van der Waals surface area contributed by atoms with Gasteiger partial charge in [-0.2, -0.15) is 0 Å². The van der Waals surface area contributed by atoms with Crippen LogP contribution in [-0.2, 0) is 9.53 Å². The van der Waals surface area contributed by atoms with Crippen LogP contribution >= 0.6 is 12.4 Å². The van der Waals surface area contributed by atoms with Crippen molar-refractivity contribution in [2.24, 2.45) is 11.7 Å². The van der Waals surface area contributed by atoms with Gasteiger partial charge in [0.1, 0.15) is 0 Å². The molecule has 0 bridgehead atoms. The van der Waals surface area contributed by atoms with Crippen molar-refractivity contribution in [3.8, 4) is 0 Å². The van der Waals surface area contributed by atoms with Gasteiger partial charge in [0, 0.05) is 33.4 Å². The van der Waals surface area contributed by atoms with Gasteiger partial charge in [-0.05, 0) is 19.4 Å². The van der Waals surface area contributed by atoms with Crippen LogP contribution < -0.4 is 11.1 Å². The van der Waals surface area contributed by atoms with E-state index in [1.165, 1.54) is 0 Å². The van der Waals surface area contributed by atoms with E-state index in [0.29, 0.717) is 6.54 Å². The Kier molecular flexibility index (Phi) is 13.0. The molecule has 0 aromatic rings. The van der Waals surface area contributed by atoms with Crippen molar-refractivity contribution in [3.05, 3.63) is 0 Å². The Balaban J connectivity index is 0. The van der Waals surface area contributed by atoms with Crippen LogP contribution in [0.2, 0.25) is 0 Å². The van der Waals surface area contributed by atoms with Gasteiger partial charge in [0.15, 0.2) is 0 Å². The van der Waals surface area contributed by atoms with Crippen LogP contribution in [0.25, 0.3) is 0 Å². The number of ether oxygens (including phenoxy) is 1. The maximum absolute atomic E-state index is 11.6. The Morgan fingerprint density at radius 2 is 2.00 bits per heavy atom. The van der Waals surface area contributed by atoms with E-state index in [1.807, 2.05) is 20.9 Å². The van der Waals surface area contributed by atoms with Crippen molar-refractivity contribution in [1.29, 1.82) is 0 Å². The fourth-order valence-corrected chi connectivity index (χ4v) is 1.38. The number of nitrogens with zero attached hydrogens (tertiary/aromatic N) is 1. The van der Waals surface area contributed by atoms with E-state index in [9.17, 15) is 4.79 Å². The first-order chi connectivity index (χ1) is 7.99. The van der Waals surface area contributed by atoms with Crippen LogP contribution in [0.15, 0.2) is 0 Å². The Bertz CT molecular complexity index is 215. The number of nitrogens with two attached hydrogens (primary N) is 1. The Morgan fingerprint density at radius 1 is 1.39 bits per heavy atom. The Morgan fingerprint density at radius 3 is 2.50 bits per heavy atom. The first-order valence-electron chi connectivity index (χ1n) is 6.19. The van der Waals surface area contributed by atoms with E-state index < -0.39 is 6.04 Å². The SMILES string of the molecule is COCCCN(C)CCNC(=O)[C@@H](N)C(C)C.Cl. The normalized spacial score (nSPS) is 12.4. The quantitative estimate of drug-likeness (QED) is 0.603. The third-order valence-corrected chi connectivity index (χ3v) is 2.70. The fraction of sp³-hybridized carbons (Fsp3) is 0.917. The van der Waals surface area contributed by atoms with E-state index in [0.717, 1.165) is 26.1 Å². The van der Waals surface area contributed by atoms with Crippen molar-refractivity contribution in [3.63, 3.8) is 0 Å². The van der Waals surface area contributed by atoms with Gasteiger partial charge in [-0.1, -0.05) is 13.8 Å². The molecule has 0 heterocycles. The van der Waals surface area contributed by atoms with Crippen LogP contribution in [0.4, 0.5) is 0 Å². The molecular weight excluding hydrogens is 254 g/mol. The highest BCUT2D eigenvalue weighted by molar-refractivity contribution is 5.85. The van der Waals surface area contributed by atoms with E-state index in [4.69, 9.17) is 10.5 Å². The molecule has 5 nitrogen and oxygen atoms in total. The summed E-state index contributed by atoms with van der Waals surface area (Å²) in [5, 5.41) is 2.85. The van der Waals surface area contributed by atoms with E-state index in [-0.39, 0.29) is 24.2 Å². The van der Waals surface area contributed by atoms with Crippen LogP contribution in [0.3, 0.4) is 0 Å². The summed E-state index contributed by atoms with van der Waals surface area (Å²) in [5.74, 6) is 0.111. The molecule has 0 aliphatic rings. The highest BCUT2D eigenvalue weighted by Gasteiger charge is 2.16. The van der Waals surface area contributed by atoms with Crippen molar-refractivity contribution in [1.82, 2.24) is 10.2 Å². The number of hydrogen-bond donors (Lipinski definition) is 2. The Hall–Kier alpha value is -0.360. The summed E-state index contributed by atoms with van der Waals surface area (Å²) in [6.07, 6.45) is 1.01. The lowest BCUT2D eigenvalue weighted by atomic mass is 10.1. The molecule has 0 rings (SSSR count). The molecule has 0 spiro atoms. The second-order valence-electron chi connectivity index (χ2n) is 4.71. The van der Waals surface area contributed by atoms with Gasteiger partial charge in [0.25, 0.3) is 0 Å². The van der Waals surface area contributed by atoms with Crippen LogP contribution in [0.5, 0.6) is 0 Å². The lowest BCUT2D eigenvalue weighted by Crippen LogP contribution is -2.45. The molecule has 1 amide bonds. The number of methoxy groups -OCH3 is 1. The van der Waals surface area contributed by atoms with Gasteiger partial charge in [-0.15, -0.1) is 12.4 Å². The first kappa shape index (κ1) is 20.0. The molecule has 1 atom stereocenters. The lowest BCUT2D eigenvalue weighted by molar-refractivity contribution is -0.123. The minimum atomic E-state index is -0.409. The zero-order valence-electron chi connectivity index (χ0n) is 11.9. The van der Waals surface area contributed by atoms with Gasteiger partial charge < -0.3 is 20.7 Å². The average molecular weight is 282 g/mol. The van der Waals surface area contributed by atoms with Crippen molar-refractivity contribution in [2.75, 3.05) is 40.4 Å². The van der Waals surface area contributed by atoms with Gasteiger partial charge in [0.05, 0.1) is 6.04 Å². The van der Waals surface area contributed by atoms with Crippen molar-refractivity contribution >= 4 is 18.3 Å². The standard InChI is InChI=1S/C12H27N3O2.ClH/c1-10(2)11(13)12(16)14-6-8-15(3)7-5-9-17-4;/h10-11H,5-9,13H2,1-4H3,(H,14,16);1H/t11-;/m0./s1. The van der Waals surface area contributed by atoms with Crippen LogP contribution in [0, 0.1) is 5.92 Å². The third kappa shape index (κ3) is 9.65. The predicted molar refractivity (Wildman–Crippen MR) is 77.1 cm³/mol. The molecule has 0 fully saturated rings. The summed E-state index contributed by atoms with van der Waals surface area (Å²) in [6, 6.07) is -0.409. The van der Waals surface area contributed by atoms with Gasteiger partial charge in [-0.25, -0.2) is 0 Å². The molecule has 18 heavy (non-hydrogen) atoms. The molecule has 0 saturated carbocycles. The molecule has 6 heteroatoms. The van der Waals surface area contributed by atoms with Crippen molar-refractivity contribution < 1.29 is 9.53 Å². The zero-order valence-corrected chi connectivity index (χ0v) is 12.8. The van der Waals surface area contributed by atoms with Gasteiger partial charge in [-0.3, -0.25) is 4.79 Å². The topological polar surface area (TPSA) is 67.6 Å². The number of likely N-dealkylation sites (N-methyl/N-ethyl adjacent to an activating group) is 1. The summed E-state index contributed by atoms with van der Waals surface area (Å²) >= 11 is 0. The molecule has 0 aliphatic heterocycles. The molecule has 0 aromatic carbocycles. The molecule has 110 valence electrons. The van der Waals surface area contributed by atoms with E-state index >= 15 is 0 Å². The number of nitrogens with one attached hydrogen (secondary N) is 1. The average Bonchev–Trinajstić information content (AvgIpc) is 2.28. The number of carbonyl (C=O) groups excluding carboxylic acids is 1. The molecule has 0 aromatic heterocycles. The van der Waals surface area contributed by atoms with E-state index in [1.54, 1.807) is 7.11 Å². The summed E-state index contributed by atoms with van der Waals surface area (Å²) in [4.78, 5) is 13.7. The summed E-state index contributed by atoms with van der Waals surface area (Å²) in [5.41, 5.74) is 5.73. The molecule has 3 N–H and O–H groups in total. The van der Waals surface area contributed by atoms with Crippen LogP contribution in [-0.4, -0.2) is 57.2 Å². The monoisotopic (exact) mass is 281 g/mol. The molecule has 0 aliphatic carbocycles.